The van der Waals surface area contributed by atoms with Gasteiger partial charge in [-0.3, -0.25) is 0 Å². The van der Waals surface area contributed by atoms with Gasteiger partial charge in [0.15, 0.2) is 0 Å². The molecule has 0 amide bonds. The van der Waals surface area contributed by atoms with Gasteiger partial charge in [-0.25, -0.2) is 13.1 Å². The van der Waals surface area contributed by atoms with Crippen LogP contribution in [-0.4, -0.2) is 33.8 Å². The van der Waals surface area contributed by atoms with Crippen molar-refractivity contribution in [2.24, 2.45) is 11.8 Å². The summed E-state index contributed by atoms with van der Waals surface area (Å²) < 4.78 is 26.5. The Hall–Kier alpha value is -0.130. The Morgan fingerprint density at radius 1 is 1.33 bits per heavy atom. The first-order valence-electron chi connectivity index (χ1n) is 7.25. The van der Waals surface area contributed by atoms with Crippen LogP contribution < -0.4 is 10.0 Å². The zero-order valence-corrected chi connectivity index (χ0v) is 12.6. The maximum absolute atomic E-state index is 11.9. The maximum atomic E-state index is 11.9. The molecule has 1 unspecified atom stereocenters. The highest BCUT2D eigenvalue weighted by molar-refractivity contribution is 7.89. The Morgan fingerprint density at radius 3 is 2.61 bits per heavy atom. The Balaban J connectivity index is 2.23. The van der Waals surface area contributed by atoms with Gasteiger partial charge in [-0.1, -0.05) is 26.7 Å². The molecule has 1 heterocycles. The lowest BCUT2D eigenvalue weighted by Gasteiger charge is -2.22. The van der Waals surface area contributed by atoms with Crippen LogP contribution in [0.25, 0.3) is 0 Å². The van der Waals surface area contributed by atoms with E-state index < -0.39 is 10.0 Å². The van der Waals surface area contributed by atoms with Crippen molar-refractivity contribution in [2.45, 2.75) is 46.0 Å². The molecule has 0 aromatic carbocycles. The van der Waals surface area contributed by atoms with E-state index in [9.17, 15) is 8.42 Å². The molecule has 2 N–H and O–H groups in total. The highest BCUT2D eigenvalue weighted by Gasteiger charge is 2.17. The molecule has 108 valence electrons. The molecule has 18 heavy (non-hydrogen) atoms. The Morgan fingerprint density at radius 2 is 2.06 bits per heavy atom. The molecule has 0 saturated carbocycles. The zero-order chi connectivity index (χ0) is 13.4. The van der Waals surface area contributed by atoms with E-state index in [1.54, 1.807) is 0 Å². The third-order valence-electron chi connectivity index (χ3n) is 3.88. The molecule has 5 heteroatoms. The molecule has 0 bridgehead atoms. The summed E-state index contributed by atoms with van der Waals surface area (Å²) in [4.78, 5) is 0. The van der Waals surface area contributed by atoms with Crippen LogP contribution in [-0.2, 0) is 10.0 Å². The average molecular weight is 276 g/mol. The highest BCUT2D eigenvalue weighted by Crippen LogP contribution is 2.14. The predicted octanol–water partition coefficient (Wildman–Crippen LogP) is 1.73. The first kappa shape index (κ1) is 15.9. The number of nitrogens with one attached hydrogen (secondary N) is 2. The number of rotatable bonds is 8. The van der Waals surface area contributed by atoms with Gasteiger partial charge >= 0.3 is 0 Å². The van der Waals surface area contributed by atoms with E-state index >= 15 is 0 Å². The van der Waals surface area contributed by atoms with Crippen molar-refractivity contribution < 1.29 is 8.42 Å². The van der Waals surface area contributed by atoms with E-state index in [2.05, 4.69) is 23.9 Å². The van der Waals surface area contributed by atoms with Crippen LogP contribution in [0.1, 0.15) is 46.0 Å². The quantitative estimate of drug-likeness (QED) is 0.710. The lowest BCUT2D eigenvalue weighted by molar-refractivity contribution is 0.358. The smallest absolute Gasteiger partial charge is 0.211 e. The molecule has 0 aromatic heterocycles. The standard InChI is InChI=1S/C13H28N2O2S/c1-3-12(4-2)11-18(16,17)15-9-7-13-6-5-8-14-10-13/h12-15H,3-11H2,1-2H3. The molecule has 1 aliphatic rings. The summed E-state index contributed by atoms with van der Waals surface area (Å²) in [5.74, 6) is 1.21. The van der Waals surface area contributed by atoms with Crippen LogP contribution in [0.4, 0.5) is 0 Å². The van der Waals surface area contributed by atoms with Crippen LogP contribution in [0, 0.1) is 11.8 Å². The molecule has 0 radical (unpaired) electrons. The zero-order valence-electron chi connectivity index (χ0n) is 11.7. The van der Waals surface area contributed by atoms with Crippen LogP contribution >= 0.6 is 0 Å². The first-order chi connectivity index (χ1) is 8.57. The average Bonchev–Trinajstić information content (AvgIpc) is 2.37. The second kappa shape index (κ2) is 8.12. The van der Waals surface area contributed by atoms with E-state index in [1.165, 1.54) is 12.8 Å². The summed E-state index contributed by atoms with van der Waals surface area (Å²) in [5, 5.41) is 3.36. The molecular weight excluding hydrogens is 248 g/mol. The number of hydrogen-bond acceptors (Lipinski definition) is 3. The number of piperidine rings is 1. The topological polar surface area (TPSA) is 58.2 Å². The van der Waals surface area contributed by atoms with Gasteiger partial charge < -0.3 is 5.32 Å². The van der Waals surface area contributed by atoms with Crippen molar-refractivity contribution >= 4 is 10.0 Å². The predicted molar refractivity (Wildman–Crippen MR) is 76.1 cm³/mol. The van der Waals surface area contributed by atoms with Gasteiger partial charge in [-0.15, -0.1) is 0 Å². The van der Waals surface area contributed by atoms with Crippen molar-refractivity contribution in [3.8, 4) is 0 Å². The normalized spacial score (nSPS) is 21.4. The summed E-state index contributed by atoms with van der Waals surface area (Å²) in [6.45, 7) is 6.84. The molecule has 1 fully saturated rings. The van der Waals surface area contributed by atoms with Gasteiger partial charge in [0.2, 0.25) is 10.0 Å². The van der Waals surface area contributed by atoms with E-state index in [0.29, 0.717) is 18.4 Å². The fourth-order valence-corrected chi connectivity index (χ4v) is 4.12. The molecule has 4 nitrogen and oxygen atoms in total. The monoisotopic (exact) mass is 276 g/mol. The molecule has 0 spiro atoms. The molecular formula is C13H28N2O2S. The summed E-state index contributed by atoms with van der Waals surface area (Å²) in [6, 6.07) is 0. The summed E-state index contributed by atoms with van der Waals surface area (Å²) in [5.41, 5.74) is 0. The van der Waals surface area contributed by atoms with Crippen LogP contribution in [0.2, 0.25) is 0 Å². The Bertz CT molecular complexity index is 307. The fourth-order valence-electron chi connectivity index (χ4n) is 2.48. The van der Waals surface area contributed by atoms with Crippen molar-refractivity contribution in [3.05, 3.63) is 0 Å². The molecule has 0 aromatic rings. The SMILES string of the molecule is CCC(CC)CS(=O)(=O)NCCC1CCCNC1. The van der Waals surface area contributed by atoms with Gasteiger partial charge in [0.25, 0.3) is 0 Å². The second-order valence-electron chi connectivity index (χ2n) is 5.36. The van der Waals surface area contributed by atoms with Gasteiger partial charge in [-0.05, 0) is 44.2 Å². The minimum atomic E-state index is -3.08. The lowest BCUT2D eigenvalue weighted by Crippen LogP contribution is -2.34. The molecule has 1 rings (SSSR count). The van der Waals surface area contributed by atoms with E-state index in [0.717, 1.165) is 32.4 Å². The molecule has 1 saturated heterocycles. The van der Waals surface area contributed by atoms with Gasteiger partial charge in [0.1, 0.15) is 0 Å². The summed E-state index contributed by atoms with van der Waals surface area (Å²) in [6.07, 6.45) is 5.26. The third kappa shape index (κ3) is 6.16. The van der Waals surface area contributed by atoms with Gasteiger partial charge in [0, 0.05) is 6.54 Å². The fraction of sp³-hybridized carbons (Fsp3) is 1.00. The molecule has 1 atom stereocenters. The highest BCUT2D eigenvalue weighted by atomic mass is 32.2. The summed E-state index contributed by atoms with van der Waals surface area (Å²) >= 11 is 0. The van der Waals surface area contributed by atoms with E-state index in [-0.39, 0.29) is 5.75 Å². The van der Waals surface area contributed by atoms with Crippen LogP contribution in [0.15, 0.2) is 0 Å². The number of hydrogen-bond donors (Lipinski definition) is 2. The van der Waals surface area contributed by atoms with E-state index in [4.69, 9.17) is 0 Å². The molecule has 0 aliphatic carbocycles. The Kier molecular flexibility index (Phi) is 7.19. The van der Waals surface area contributed by atoms with Crippen LogP contribution in [0.5, 0.6) is 0 Å². The summed E-state index contributed by atoms with van der Waals surface area (Å²) in [7, 11) is -3.08. The Labute approximate surface area is 112 Å². The van der Waals surface area contributed by atoms with Crippen molar-refractivity contribution in [1.29, 1.82) is 0 Å². The lowest BCUT2D eigenvalue weighted by atomic mass is 9.96. The third-order valence-corrected chi connectivity index (χ3v) is 5.44. The molecule has 1 aliphatic heterocycles. The largest absolute Gasteiger partial charge is 0.316 e. The number of sulfonamides is 1. The minimum Gasteiger partial charge on any atom is -0.316 e. The van der Waals surface area contributed by atoms with Crippen molar-refractivity contribution in [3.63, 3.8) is 0 Å². The van der Waals surface area contributed by atoms with Crippen molar-refractivity contribution in [2.75, 3.05) is 25.4 Å². The maximum Gasteiger partial charge on any atom is 0.211 e. The van der Waals surface area contributed by atoms with Crippen molar-refractivity contribution in [1.82, 2.24) is 10.0 Å². The van der Waals surface area contributed by atoms with Crippen LogP contribution in [0.3, 0.4) is 0 Å². The van der Waals surface area contributed by atoms with Gasteiger partial charge in [0.05, 0.1) is 5.75 Å². The van der Waals surface area contributed by atoms with Gasteiger partial charge in [-0.2, -0.15) is 0 Å². The second-order valence-corrected chi connectivity index (χ2v) is 7.21. The van der Waals surface area contributed by atoms with E-state index in [1.807, 2.05) is 0 Å². The minimum absolute atomic E-state index is 0.281. The first-order valence-corrected chi connectivity index (χ1v) is 8.90.